The second-order valence-electron chi connectivity index (χ2n) is 21.1. The van der Waals surface area contributed by atoms with Gasteiger partial charge >= 0.3 is 0 Å². The average molecular weight is 1130 g/mol. The van der Waals surface area contributed by atoms with E-state index in [2.05, 4.69) is 0 Å². The highest BCUT2D eigenvalue weighted by molar-refractivity contribution is 5.93. The van der Waals surface area contributed by atoms with Gasteiger partial charge in [-0.15, -0.1) is 0 Å². The number of nitrogens with zero attached hydrogens (tertiary/aromatic N) is 7. The fourth-order valence-corrected chi connectivity index (χ4v) is 12.2. The van der Waals surface area contributed by atoms with E-state index in [1.54, 1.807) is 27.8 Å². The predicted molar refractivity (Wildman–Crippen MR) is 323 cm³/mol. The Morgan fingerprint density at radius 3 is 1.14 bits per heavy atom. The minimum Gasteiger partial charge on any atom is -0.332 e. The monoisotopic (exact) mass is 1120 g/mol. The highest BCUT2D eigenvalue weighted by Crippen LogP contribution is 2.47. The molecule has 0 saturated heterocycles. The Bertz CT molecular complexity index is 4120. The van der Waals surface area contributed by atoms with Crippen LogP contribution in [-0.2, 0) is 40.9 Å². The molecule has 0 aliphatic heterocycles. The van der Waals surface area contributed by atoms with Crippen LogP contribution in [0.5, 0.6) is 0 Å². The summed E-state index contributed by atoms with van der Waals surface area (Å²) in [6.07, 6.45) is 2.59. The Balaban J connectivity index is 1.05. The molecular formula is C70H54F2N8O5. The van der Waals surface area contributed by atoms with Crippen molar-refractivity contribution in [2.24, 2.45) is 5.73 Å². The molecule has 0 aliphatic carbocycles. The summed E-state index contributed by atoms with van der Waals surface area (Å²) in [5.74, 6) is -1.81. The molecule has 12 rings (SSSR count). The molecular weight excluding hydrogens is 1070 g/mol. The standard InChI is InChI=1S/C70H54F2N8O5/c71-60-35-31-49(32-36-60)47-76(48-50-33-37-61(72)38-34-50)67(81)68(73,62-42-53-46-75-78(64(53)44-66(62)80(84)85)70(57-25-13-4-14-26-57,58-27-15-5-16-28-58)59-29-17-6-18-30-59)40-39-51-41-52-45-74-77(63(52)43-65(51)79(82)83)69(54-19-7-1-8-20-54,55-21-9-2-10-22-55)56-23-11-3-12-24-56/h1-38,41-46H,39-40,47-48,73H2. The molecule has 13 nitrogen and oxygen atoms in total. The van der Waals surface area contributed by atoms with E-state index in [1.165, 1.54) is 71.6 Å². The lowest BCUT2D eigenvalue weighted by Crippen LogP contribution is -2.53. The third kappa shape index (κ3) is 9.95. The van der Waals surface area contributed by atoms with Gasteiger partial charge in [-0.25, -0.2) is 18.1 Å². The van der Waals surface area contributed by atoms with Gasteiger partial charge in [0.1, 0.15) is 28.3 Å². The van der Waals surface area contributed by atoms with E-state index in [-0.39, 0.29) is 36.3 Å². The third-order valence-corrected chi connectivity index (χ3v) is 16.1. The van der Waals surface area contributed by atoms with Crippen LogP contribution in [0.4, 0.5) is 20.2 Å². The molecule has 0 bridgehead atoms. The molecule has 2 heterocycles. The van der Waals surface area contributed by atoms with Gasteiger partial charge in [0.15, 0.2) is 0 Å². The van der Waals surface area contributed by atoms with Crippen LogP contribution in [0.2, 0.25) is 0 Å². The molecule has 1 amide bonds. The number of rotatable bonds is 19. The van der Waals surface area contributed by atoms with Gasteiger partial charge < -0.3 is 10.6 Å². The van der Waals surface area contributed by atoms with E-state index in [4.69, 9.17) is 15.9 Å². The molecule has 85 heavy (non-hydrogen) atoms. The van der Waals surface area contributed by atoms with E-state index in [9.17, 15) is 29.0 Å². The van der Waals surface area contributed by atoms with Crippen molar-refractivity contribution in [1.82, 2.24) is 24.5 Å². The summed E-state index contributed by atoms with van der Waals surface area (Å²) in [5.41, 5.74) is 8.97. The Morgan fingerprint density at radius 1 is 0.471 bits per heavy atom. The summed E-state index contributed by atoms with van der Waals surface area (Å²) < 4.78 is 32.5. The van der Waals surface area contributed by atoms with Crippen LogP contribution in [0.15, 0.2) is 267 Å². The van der Waals surface area contributed by atoms with Gasteiger partial charge in [-0.2, -0.15) is 10.2 Å². The topological polar surface area (TPSA) is 168 Å². The number of fused-ring (bicyclic) bond motifs is 2. The van der Waals surface area contributed by atoms with Crippen molar-refractivity contribution in [3.05, 3.63) is 355 Å². The lowest BCUT2D eigenvalue weighted by Gasteiger charge is -2.37. The Hall–Kier alpha value is -10.8. The summed E-state index contributed by atoms with van der Waals surface area (Å²) >= 11 is 0. The quantitative estimate of drug-likeness (QED) is 0.0474. The van der Waals surface area contributed by atoms with E-state index in [0.717, 1.165) is 33.4 Å². The second-order valence-corrected chi connectivity index (χ2v) is 21.1. The highest BCUT2D eigenvalue weighted by atomic mass is 19.1. The normalized spacial score (nSPS) is 12.5. The van der Waals surface area contributed by atoms with Crippen molar-refractivity contribution in [2.45, 2.75) is 42.5 Å². The lowest BCUT2D eigenvalue weighted by molar-refractivity contribution is -0.385. The number of hydrogen-bond donors (Lipinski definition) is 1. The van der Waals surface area contributed by atoms with Crippen molar-refractivity contribution in [1.29, 1.82) is 0 Å². The number of nitrogens with two attached hydrogens (primary N) is 1. The number of hydrogen-bond acceptors (Lipinski definition) is 8. The summed E-state index contributed by atoms with van der Waals surface area (Å²) in [6, 6.07) is 75.6. The summed E-state index contributed by atoms with van der Waals surface area (Å²) in [6.45, 7) is -0.317. The Kier molecular flexibility index (Phi) is 14.7. The molecule has 2 N–H and O–H groups in total. The van der Waals surface area contributed by atoms with Gasteiger partial charge in [0, 0.05) is 41.6 Å². The van der Waals surface area contributed by atoms with Crippen molar-refractivity contribution < 1.29 is 23.4 Å². The number of amides is 1. The minimum absolute atomic E-state index is 0.158. The van der Waals surface area contributed by atoms with Gasteiger partial charge in [0.2, 0.25) is 5.91 Å². The van der Waals surface area contributed by atoms with Crippen LogP contribution in [0.3, 0.4) is 0 Å². The van der Waals surface area contributed by atoms with Crippen LogP contribution in [0.25, 0.3) is 21.8 Å². The zero-order valence-electron chi connectivity index (χ0n) is 45.7. The number of nitro groups is 2. The largest absolute Gasteiger partial charge is 0.332 e. The van der Waals surface area contributed by atoms with Crippen molar-refractivity contribution in [3.63, 3.8) is 0 Å². The highest BCUT2D eigenvalue weighted by Gasteiger charge is 2.47. The van der Waals surface area contributed by atoms with E-state index >= 15 is 4.79 Å². The molecule has 1 unspecified atom stereocenters. The molecule has 15 heteroatoms. The number of nitro benzene ring substituents is 2. The molecule has 10 aromatic carbocycles. The first-order valence-corrected chi connectivity index (χ1v) is 27.6. The van der Waals surface area contributed by atoms with Crippen LogP contribution in [0.1, 0.15) is 62.1 Å². The second kappa shape index (κ2) is 22.9. The van der Waals surface area contributed by atoms with Crippen molar-refractivity contribution in [3.8, 4) is 0 Å². The summed E-state index contributed by atoms with van der Waals surface area (Å²) in [5, 5.41) is 38.7. The van der Waals surface area contributed by atoms with Gasteiger partial charge in [-0.3, -0.25) is 25.0 Å². The lowest BCUT2D eigenvalue weighted by atomic mass is 9.76. The Morgan fingerprint density at radius 2 is 0.800 bits per heavy atom. The SMILES string of the molecule is NC(CCc1cc2cnn(C(c3ccccc3)(c3ccccc3)c3ccccc3)c2cc1[N+](=O)[O-])(C(=O)N(Cc1ccc(F)cc1)Cc1ccc(F)cc1)c1cc2cnn(C(c3ccccc3)(c3ccccc3)c3ccccc3)c2cc1[N+](=O)[O-]. The number of benzene rings is 10. The zero-order valence-corrected chi connectivity index (χ0v) is 45.7. The van der Waals surface area contributed by atoms with E-state index in [1.807, 2.05) is 182 Å². The molecule has 12 aromatic rings. The zero-order chi connectivity index (χ0) is 58.7. The minimum atomic E-state index is -2.33. The number of aromatic nitrogens is 4. The van der Waals surface area contributed by atoms with Crippen LogP contribution >= 0.6 is 0 Å². The van der Waals surface area contributed by atoms with E-state index < -0.39 is 56.1 Å². The van der Waals surface area contributed by atoms with Gasteiger partial charge in [0.25, 0.3) is 11.4 Å². The third-order valence-electron chi connectivity index (χ3n) is 16.1. The van der Waals surface area contributed by atoms with Crippen LogP contribution in [-0.4, -0.2) is 40.2 Å². The molecule has 0 spiro atoms. The first-order valence-electron chi connectivity index (χ1n) is 27.6. The number of aryl methyl sites for hydroxylation is 1. The maximum atomic E-state index is 16.2. The average Bonchev–Trinajstić information content (AvgIpc) is 2.97. The van der Waals surface area contributed by atoms with Crippen molar-refractivity contribution >= 4 is 39.1 Å². The molecule has 0 aliphatic rings. The first kappa shape index (κ1) is 54.8. The Labute approximate surface area is 487 Å². The maximum absolute atomic E-state index is 16.2. The number of carbonyl (C=O) groups is 1. The number of halogens is 2. The van der Waals surface area contributed by atoms with Crippen LogP contribution in [0, 0.1) is 31.9 Å². The predicted octanol–water partition coefficient (Wildman–Crippen LogP) is 14.2. The van der Waals surface area contributed by atoms with E-state index in [0.29, 0.717) is 32.9 Å². The molecule has 0 saturated carbocycles. The molecule has 0 fully saturated rings. The smallest absolute Gasteiger partial charge is 0.277 e. The molecule has 0 radical (unpaired) electrons. The molecule has 1 atom stereocenters. The maximum Gasteiger partial charge on any atom is 0.277 e. The van der Waals surface area contributed by atoms with Gasteiger partial charge in [0.05, 0.1) is 38.8 Å². The van der Waals surface area contributed by atoms with Crippen LogP contribution < -0.4 is 5.73 Å². The number of carbonyl (C=O) groups excluding carboxylic acids is 1. The van der Waals surface area contributed by atoms with Gasteiger partial charge in [-0.05, 0) is 93.7 Å². The summed E-state index contributed by atoms with van der Waals surface area (Å²) in [4.78, 5) is 44.2. The fraction of sp³-hybridized carbons (Fsp3) is 0.100. The molecule has 2 aromatic heterocycles. The summed E-state index contributed by atoms with van der Waals surface area (Å²) in [7, 11) is 0. The van der Waals surface area contributed by atoms with Crippen molar-refractivity contribution in [2.75, 3.05) is 0 Å². The van der Waals surface area contributed by atoms with Gasteiger partial charge in [-0.1, -0.05) is 206 Å². The first-order chi connectivity index (χ1) is 41.4. The molecule has 418 valence electrons. The fourth-order valence-electron chi connectivity index (χ4n) is 12.2.